The van der Waals surface area contributed by atoms with Crippen molar-refractivity contribution in [1.29, 1.82) is 0 Å². The summed E-state index contributed by atoms with van der Waals surface area (Å²) in [6.45, 7) is 2.53. The van der Waals surface area contributed by atoms with Crippen molar-refractivity contribution in [3.63, 3.8) is 0 Å². The van der Waals surface area contributed by atoms with E-state index in [0.29, 0.717) is 29.5 Å². The molecular weight excluding hydrogens is 364 g/mol. The average Bonchev–Trinajstić information content (AvgIpc) is 2.65. The lowest BCUT2D eigenvalue weighted by atomic mass is 10.1. The Morgan fingerprint density at radius 1 is 1.11 bits per heavy atom. The number of nitrogens with zero attached hydrogens (tertiary/aromatic N) is 1. The summed E-state index contributed by atoms with van der Waals surface area (Å²) < 4.78 is 5.22. The molecule has 0 radical (unpaired) electrons. The van der Waals surface area contributed by atoms with E-state index in [2.05, 4.69) is 17.4 Å². The lowest BCUT2D eigenvalue weighted by Crippen LogP contribution is -2.33. The molecule has 0 bridgehead atoms. The van der Waals surface area contributed by atoms with Crippen LogP contribution in [0.3, 0.4) is 0 Å². The number of ether oxygens (including phenoxy) is 1. The van der Waals surface area contributed by atoms with Crippen molar-refractivity contribution in [1.82, 2.24) is 4.90 Å². The van der Waals surface area contributed by atoms with E-state index in [4.69, 9.17) is 16.3 Å². The van der Waals surface area contributed by atoms with E-state index < -0.39 is 0 Å². The lowest BCUT2D eigenvalue weighted by Gasteiger charge is -2.21. The van der Waals surface area contributed by atoms with Crippen molar-refractivity contribution in [3.8, 4) is 5.75 Å². The predicted octanol–water partition coefficient (Wildman–Crippen LogP) is 4.16. The highest BCUT2D eigenvalue weighted by Crippen LogP contribution is 2.27. The highest BCUT2D eigenvalue weighted by atomic mass is 35.5. The monoisotopic (exact) mass is 388 g/mol. The highest BCUT2D eigenvalue weighted by molar-refractivity contribution is 6.31. The summed E-state index contributed by atoms with van der Waals surface area (Å²) in [7, 11) is 1.53. The second-order valence-corrected chi connectivity index (χ2v) is 6.67. The number of methoxy groups -OCH3 is 1. The fourth-order valence-electron chi connectivity index (χ4n) is 2.77. The molecule has 1 N–H and O–H groups in total. The van der Waals surface area contributed by atoms with Crippen LogP contribution in [0.4, 0.5) is 5.69 Å². The van der Waals surface area contributed by atoms with E-state index in [9.17, 15) is 9.59 Å². The van der Waals surface area contributed by atoms with E-state index in [-0.39, 0.29) is 18.2 Å². The van der Waals surface area contributed by atoms with Crippen LogP contribution < -0.4 is 10.1 Å². The minimum absolute atomic E-state index is 0.0313. The van der Waals surface area contributed by atoms with Gasteiger partial charge in [0, 0.05) is 31.5 Å². The Hall–Kier alpha value is -2.53. The Labute approximate surface area is 165 Å². The topological polar surface area (TPSA) is 58.6 Å². The van der Waals surface area contributed by atoms with Crippen LogP contribution in [0.5, 0.6) is 5.75 Å². The Morgan fingerprint density at radius 3 is 2.52 bits per heavy atom. The quantitative estimate of drug-likeness (QED) is 0.701. The molecule has 0 atom stereocenters. The predicted molar refractivity (Wildman–Crippen MR) is 108 cm³/mol. The fraction of sp³-hybridized carbons (Fsp3) is 0.333. The van der Waals surface area contributed by atoms with Crippen LogP contribution in [0.2, 0.25) is 5.02 Å². The van der Waals surface area contributed by atoms with Crippen molar-refractivity contribution in [2.45, 2.75) is 26.2 Å². The number of rotatable bonds is 9. The van der Waals surface area contributed by atoms with Crippen molar-refractivity contribution < 1.29 is 14.3 Å². The molecular formula is C21H25ClN2O3. The number of carbonyl (C=O) groups is 2. The lowest BCUT2D eigenvalue weighted by molar-refractivity contribution is -0.129. The Morgan fingerprint density at radius 2 is 1.85 bits per heavy atom. The Kier molecular flexibility index (Phi) is 8.14. The normalized spacial score (nSPS) is 10.3. The molecule has 0 aliphatic rings. The van der Waals surface area contributed by atoms with Gasteiger partial charge < -0.3 is 15.0 Å². The van der Waals surface area contributed by atoms with E-state index in [1.54, 1.807) is 23.1 Å². The van der Waals surface area contributed by atoms with Gasteiger partial charge in [-0.2, -0.15) is 0 Å². The summed E-state index contributed by atoms with van der Waals surface area (Å²) in [4.78, 5) is 25.8. The fourth-order valence-corrected chi connectivity index (χ4v) is 2.94. The number of benzene rings is 2. The second-order valence-electron chi connectivity index (χ2n) is 6.24. The molecule has 5 nitrogen and oxygen atoms in total. The first-order valence-corrected chi connectivity index (χ1v) is 9.30. The molecule has 0 heterocycles. The van der Waals surface area contributed by atoms with Gasteiger partial charge in [-0.25, -0.2) is 0 Å². The molecule has 144 valence electrons. The second kappa shape index (κ2) is 10.6. The van der Waals surface area contributed by atoms with E-state index >= 15 is 0 Å². The zero-order valence-electron chi connectivity index (χ0n) is 15.7. The van der Waals surface area contributed by atoms with Gasteiger partial charge in [-0.05, 0) is 36.6 Å². The van der Waals surface area contributed by atoms with Gasteiger partial charge in [0.15, 0.2) is 0 Å². The Bertz CT molecular complexity index is 765. The number of amides is 2. The maximum absolute atomic E-state index is 12.3. The first kappa shape index (κ1) is 20.8. The summed E-state index contributed by atoms with van der Waals surface area (Å²) in [5.41, 5.74) is 1.76. The zero-order valence-corrected chi connectivity index (χ0v) is 16.5. The van der Waals surface area contributed by atoms with Crippen molar-refractivity contribution in [3.05, 3.63) is 59.1 Å². The number of nitrogens with one attached hydrogen (secondary N) is 1. The summed E-state index contributed by atoms with van der Waals surface area (Å²) >= 11 is 5.97. The molecule has 0 aliphatic heterocycles. The van der Waals surface area contributed by atoms with Gasteiger partial charge in [0.05, 0.1) is 12.8 Å². The first-order valence-electron chi connectivity index (χ1n) is 8.92. The van der Waals surface area contributed by atoms with Crippen LogP contribution in [-0.2, 0) is 16.0 Å². The van der Waals surface area contributed by atoms with Crippen molar-refractivity contribution >= 4 is 29.1 Å². The third kappa shape index (κ3) is 6.94. The van der Waals surface area contributed by atoms with Gasteiger partial charge in [-0.15, -0.1) is 0 Å². The third-order valence-corrected chi connectivity index (χ3v) is 4.46. The molecule has 0 saturated heterocycles. The van der Waals surface area contributed by atoms with Crippen LogP contribution in [0.25, 0.3) is 0 Å². The standard InChI is InChI=1S/C21H25ClN2O3/c1-16(25)24(13-6-9-17-7-4-3-5-8-17)14-12-21(26)23-19-15-18(22)10-11-20(19)27-2/h3-5,7-8,10-11,15H,6,9,12-14H2,1-2H3,(H,23,26). The van der Waals surface area contributed by atoms with Gasteiger partial charge in [0.1, 0.15) is 5.75 Å². The summed E-state index contributed by atoms with van der Waals surface area (Å²) in [5, 5.41) is 3.30. The first-order chi connectivity index (χ1) is 13.0. The molecule has 0 aliphatic carbocycles. The van der Waals surface area contributed by atoms with Gasteiger partial charge in [-0.3, -0.25) is 9.59 Å². The number of carbonyl (C=O) groups excluding carboxylic acids is 2. The van der Waals surface area contributed by atoms with E-state index in [1.165, 1.54) is 19.6 Å². The summed E-state index contributed by atoms with van der Waals surface area (Å²) in [5.74, 6) is 0.320. The molecule has 2 aromatic rings. The SMILES string of the molecule is COc1ccc(Cl)cc1NC(=O)CCN(CCCc1ccccc1)C(C)=O. The molecule has 0 aromatic heterocycles. The molecule has 2 aromatic carbocycles. The molecule has 27 heavy (non-hydrogen) atoms. The molecule has 0 unspecified atom stereocenters. The highest BCUT2D eigenvalue weighted by Gasteiger charge is 2.13. The minimum atomic E-state index is -0.190. The van der Waals surface area contributed by atoms with Crippen LogP contribution in [-0.4, -0.2) is 36.9 Å². The van der Waals surface area contributed by atoms with Crippen molar-refractivity contribution in [2.24, 2.45) is 0 Å². The zero-order chi connectivity index (χ0) is 19.6. The van der Waals surface area contributed by atoms with E-state index in [1.807, 2.05) is 18.2 Å². The van der Waals surface area contributed by atoms with Crippen LogP contribution in [0, 0.1) is 0 Å². The maximum atomic E-state index is 12.3. The molecule has 2 amide bonds. The summed E-state index contributed by atoms with van der Waals surface area (Å²) in [6, 6.07) is 15.2. The van der Waals surface area contributed by atoms with Gasteiger partial charge in [0.2, 0.25) is 11.8 Å². The number of halogens is 1. The van der Waals surface area contributed by atoms with Crippen molar-refractivity contribution in [2.75, 3.05) is 25.5 Å². The number of aryl methyl sites for hydroxylation is 1. The van der Waals surface area contributed by atoms with Gasteiger partial charge in [0.25, 0.3) is 0 Å². The number of hydrogen-bond donors (Lipinski definition) is 1. The maximum Gasteiger partial charge on any atom is 0.226 e. The molecule has 0 saturated carbocycles. The molecule has 6 heteroatoms. The smallest absolute Gasteiger partial charge is 0.226 e. The van der Waals surface area contributed by atoms with E-state index in [0.717, 1.165) is 12.8 Å². The Balaban J connectivity index is 1.83. The largest absolute Gasteiger partial charge is 0.495 e. The summed E-state index contributed by atoms with van der Waals surface area (Å²) in [6.07, 6.45) is 1.96. The average molecular weight is 389 g/mol. The van der Waals surface area contributed by atoms with Crippen LogP contribution in [0.15, 0.2) is 48.5 Å². The van der Waals surface area contributed by atoms with Crippen LogP contribution in [0.1, 0.15) is 25.3 Å². The molecule has 0 fully saturated rings. The third-order valence-electron chi connectivity index (χ3n) is 4.23. The van der Waals surface area contributed by atoms with Gasteiger partial charge in [-0.1, -0.05) is 41.9 Å². The minimum Gasteiger partial charge on any atom is -0.495 e. The number of anilines is 1. The number of hydrogen-bond acceptors (Lipinski definition) is 3. The molecule has 0 spiro atoms. The molecule has 2 rings (SSSR count). The van der Waals surface area contributed by atoms with Gasteiger partial charge >= 0.3 is 0 Å². The van der Waals surface area contributed by atoms with Crippen LogP contribution >= 0.6 is 11.6 Å².